The number of hydrogen-bond acceptors (Lipinski definition) is 1. The average Bonchev–Trinajstić information content (AvgIpc) is 2.08. The van der Waals surface area contributed by atoms with Gasteiger partial charge in [-0.25, -0.2) is 4.79 Å². The third-order valence-electron chi connectivity index (χ3n) is 2.90. The van der Waals surface area contributed by atoms with Gasteiger partial charge < -0.3 is 10.6 Å². The van der Waals surface area contributed by atoms with Crippen molar-refractivity contribution in [2.45, 2.75) is 51.5 Å². The fourth-order valence-electron chi connectivity index (χ4n) is 1.69. The first-order chi connectivity index (χ1) is 6.22. The summed E-state index contributed by atoms with van der Waals surface area (Å²) in [5, 5.41) is 5.90. The van der Waals surface area contributed by atoms with Crippen molar-refractivity contribution in [3.8, 4) is 0 Å². The van der Waals surface area contributed by atoms with E-state index in [1.54, 1.807) is 0 Å². The molecular weight excluding hydrogens is 164 g/mol. The maximum Gasteiger partial charge on any atom is 0.315 e. The second kappa shape index (κ2) is 4.49. The molecule has 2 N–H and O–H groups in total. The Morgan fingerprint density at radius 1 is 1.38 bits per heavy atom. The number of nitrogens with one attached hydrogen (secondary N) is 2. The average molecular weight is 184 g/mol. The van der Waals surface area contributed by atoms with Crippen molar-refractivity contribution >= 4 is 6.03 Å². The molecule has 1 fully saturated rings. The maximum atomic E-state index is 11.3. The lowest BCUT2D eigenvalue weighted by Gasteiger charge is -2.41. The number of amides is 2. The van der Waals surface area contributed by atoms with Crippen molar-refractivity contribution in [1.29, 1.82) is 0 Å². The molecule has 0 heterocycles. The molecule has 0 atom stereocenters. The van der Waals surface area contributed by atoms with E-state index in [2.05, 4.69) is 24.5 Å². The minimum Gasteiger partial charge on any atom is -0.338 e. The zero-order valence-corrected chi connectivity index (χ0v) is 8.65. The van der Waals surface area contributed by atoms with E-state index < -0.39 is 0 Å². The van der Waals surface area contributed by atoms with Gasteiger partial charge in [-0.2, -0.15) is 0 Å². The molecule has 76 valence electrons. The molecule has 0 radical (unpaired) electrons. The van der Waals surface area contributed by atoms with Gasteiger partial charge in [0.1, 0.15) is 0 Å². The summed E-state index contributed by atoms with van der Waals surface area (Å²) in [5.41, 5.74) is 0.123. The Bertz CT molecular complexity index is 170. The molecule has 1 aliphatic carbocycles. The van der Waals surface area contributed by atoms with Crippen LogP contribution in [0.25, 0.3) is 0 Å². The molecule has 0 unspecified atom stereocenters. The normalized spacial score (nSPS) is 18.9. The summed E-state index contributed by atoms with van der Waals surface area (Å²) in [5.74, 6) is 0. The zero-order valence-electron chi connectivity index (χ0n) is 8.65. The molecule has 3 nitrogen and oxygen atoms in total. The second-order valence-electron chi connectivity index (χ2n) is 3.87. The van der Waals surface area contributed by atoms with Crippen LogP contribution in [0.15, 0.2) is 0 Å². The molecule has 1 rings (SSSR count). The molecule has 1 saturated carbocycles. The smallest absolute Gasteiger partial charge is 0.315 e. The molecule has 0 aliphatic heterocycles. The molecule has 13 heavy (non-hydrogen) atoms. The van der Waals surface area contributed by atoms with Crippen LogP contribution in [0, 0.1) is 0 Å². The van der Waals surface area contributed by atoms with Gasteiger partial charge in [0.05, 0.1) is 0 Å². The molecule has 0 aromatic rings. The maximum absolute atomic E-state index is 11.3. The van der Waals surface area contributed by atoms with Crippen LogP contribution in [-0.4, -0.2) is 18.1 Å². The summed E-state index contributed by atoms with van der Waals surface area (Å²) in [4.78, 5) is 11.3. The molecule has 1 aliphatic rings. The Labute approximate surface area is 80.3 Å². The van der Waals surface area contributed by atoms with E-state index in [1.165, 1.54) is 6.42 Å². The van der Waals surface area contributed by atoms with Crippen molar-refractivity contribution in [3.63, 3.8) is 0 Å². The van der Waals surface area contributed by atoms with Crippen LogP contribution in [0.1, 0.15) is 46.0 Å². The Balaban J connectivity index is 2.25. The molecule has 2 amide bonds. The van der Waals surface area contributed by atoms with E-state index in [-0.39, 0.29) is 11.6 Å². The monoisotopic (exact) mass is 184 g/mol. The highest BCUT2D eigenvalue weighted by Gasteiger charge is 2.36. The van der Waals surface area contributed by atoms with Gasteiger partial charge in [-0.3, -0.25) is 0 Å². The van der Waals surface area contributed by atoms with Crippen LogP contribution in [0.5, 0.6) is 0 Å². The quantitative estimate of drug-likeness (QED) is 0.689. The van der Waals surface area contributed by atoms with Crippen molar-refractivity contribution < 1.29 is 4.79 Å². The van der Waals surface area contributed by atoms with Gasteiger partial charge in [0.15, 0.2) is 0 Å². The fraction of sp³-hybridized carbons (Fsp3) is 0.900. The van der Waals surface area contributed by atoms with Crippen molar-refractivity contribution in [1.82, 2.24) is 10.6 Å². The van der Waals surface area contributed by atoms with Gasteiger partial charge in [0.25, 0.3) is 0 Å². The van der Waals surface area contributed by atoms with E-state index in [4.69, 9.17) is 0 Å². The number of rotatable bonds is 4. The minimum atomic E-state index is 0.00315. The van der Waals surface area contributed by atoms with Gasteiger partial charge in [-0.05, 0) is 32.1 Å². The van der Waals surface area contributed by atoms with Crippen LogP contribution in [0.3, 0.4) is 0 Å². The lowest BCUT2D eigenvalue weighted by molar-refractivity contribution is 0.172. The predicted molar refractivity (Wildman–Crippen MR) is 53.7 cm³/mol. The van der Waals surface area contributed by atoms with Gasteiger partial charge in [0, 0.05) is 12.1 Å². The van der Waals surface area contributed by atoms with Crippen LogP contribution in [-0.2, 0) is 0 Å². The molecular formula is C10H20N2O. The van der Waals surface area contributed by atoms with E-state index in [0.29, 0.717) is 0 Å². The van der Waals surface area contributed by atoms with Crippen LogP contribution in [0.4, 0.5) is 4.79 Å². The fourth-order valence-corrected chi connectivity index (χ4v) is 1.69. The first-order valence-electron chi connectivity index (χ1n) is 5.28. The van der Waals surface area contributed by atoms with Crippen molar-refractivity contribution in [2.24, 2.45) is 0 Å². The van der Waals surface area contributed by atoms with Crippen molar-refractivity contribution in [3.05, 3.63) is 0 Å². The van der Waals surface area contributed by atoms with E-state index in [9.17, 15) is 4.79 Å². The second-order valence-corrected chi connectivity index (χ2v) is 3.87. The minimum absolute atomic E-state index is 0.00315. The van der Waals surface area contributed by atoms with Crippen molar-refractivity contribution in [2.75, 3.05) is 6.54 Å². The largest absolute Gasteiger partial charge is 0.338 e. The highest BCUT2D eigenvalue weighted by atomic mass is 16.2. The summed E-state index contributed by atoms with van der Waals surface area (Å²) in [6, 6.07) is 0.00315. The van der Waals surface area contributed by atoms with E-state index >= 15 is 0 Å². The topological polar surface area (TPSA) is 41.1 Å². The van der Waals surface area contributed by atoms with Crippen LogP contribution >= 0.6 is 0 Å². The Kier molecular flexibility index (Phi) is 3.58. The summed E-state index contributed by atoms with van der Waals surface area (Å²) in [6.45, 7) is 4.96. The third kappa shape index (κ3) is 2.61. The SMILES string of the molecule is CCCNC(=O)NC1(CC)CCC1. The molecule has 3 heteroatoms. The summed E-state index contributed by atoms with van der Waals surface area (Å²) < 4.78 is 0. The number of carbonyl (C=O) groups is 1. The number of urea groups is 1. The Morgan fingerprint density at radius 3 is 2.46 bits per heavy atom. The number of hydrogen-bond donors (Lipinski definition) is 2. The Morgan fingerprint density at radius 2 is 2.08 bits per heavy atom. The van der Waals surface area contributed by atoms with E-state index in [0.717, 1.165) is 32.2 Å². The summed E-state index contributed by atoms with van der Waals surface area (Å²) >= 11 is 0. The highest BCUT2D eigenvalue weighted by molar-refractivity contribution is 5.74. The highest BCUT2D eigenvalue weighted by Crippen LogP contribution is 2.34. The Hall–Kier alpha value is -0.730. The van der Waals surface area contributed by atoms with E-state index in [1.807, 2.05) is 0 Å². The number of carbonyl (C=O) groups excluding carboxylic acids is 1. The molecule has 0 aromatic carbocycles. The van der Waals surface area contributed by atoms with Crippen LogP contribution < -0.4 is 10.6 Å². The molecule has 0 aromatic heterocycles. The van der Waals surface area contributed by atoms with Gasteiger partial charge in [0.2, 0.25) is 0 Å². The predicted octanol–water partition coefficient (Wildman–Crippen LogP) is 2.03. The van der Waals surface area contributed by atoms with Crippen LogP contribution in [0.2, 0.25) is 0 Å². The van der Waals surface area contributed by atoms with Gasteiger partial charge >= 0.3 is 6.03 Å². The lowest BCUT2D eigenvalue weighted by Crippen LogP contribution is -2.55. The first-order valence-corrected chi connectivity index (χ1v) is 5.28. The van der Waals surface area contributed by atoms with Gasteiger partial charge in [-0.15, -0.1) is 0 Å². The molecule has 0 bridgehead atoms. The van der Waals surface area contributed by atoms with Gasteiger partial charge in [-0.1, -0.05) is 13.8 Å². The lowest BCUT2D eigenvalue weighted by atomic mass is 9.75. The summed E-state index contributed by atoms with van der Waals surface area (Å²) in [6.07, 6.45) is 5.58. The summed E-state index contributed by atoms with van der Waals surface area (Å²) in [7, 11) is 0. The zero-order chi connectivity index (χ0) is 9.73. The molecule has 0 saturated heterocycles. The first kappa shape index (κ1) is 10.4. The molecule has 0 spiro atoms. The third-order valence-corrected chi connectivity index (χ3v) is 2.90. The standard InChI is InChI=1S/C10H20N2O/c1-3-8-11-9(13)12-10(4-2)6-5-7-10/h3-8H2,1-2H3,(H2,11,12,13).